The quantitative estimate of drug-likeness (QED) is 0.178. The Bertz CT molecular complexity index is 1770. The minimum atomic E-state index is -4.02. The van der Waals surface area contributed by atoms with E-state index in [1.807, 2.05) is 51.0 Å². The minimum absolute atomic E-state index is 0.0666. The fourth-order valence-electron chi connectivity index (χ4n) is 5.29. The molecule has 0 saturated heterocycles. The number of hydrogen-bond donors (Lipinski definition) is 2. The maximum Gasteiger partial charge on any atom is 0.302 e. The van der Waals surface area contributed by atoms with Crippen LogP contribution in [0.1, 0.15) is 60.6 Å². The van der Waals surface area contributed by atoms with E-state index in [-0.39, 0.29) is 23.0 Å². The monoisotopic (exact) mass is 631 g/mol. The highest BCUT2D eigenvalue weighted by atomic mass is 32.2. The topological polar surface area (TPSA) is 135 Å². The molecule has 11 heteroatoms. The van der Waals surface area contributed by atoms with Gasteiger partial charge in [0.15, 0.2) is 0 Å². The van der Waals surface area contributed by atoms with Crippen molar-refractivity contribution in [3.8, 4) is 11.3 Å². The number of nitrogens with zero attached hydrogens (tertiary/aromatic N) is 4. The Balaban J connectivity index is 0.000000354. The Hall–Kier alpha value is -4.35. The first-order valence-corrected chi connectivity index (χ1v) is 16.4. The van der Waals surface area contributed by atoms with Gasteiger partial charge in [-0.15, -0.1) is 0 Å². The Morgan fingerprint density at radius 2 is 1.62 bits per heavy atom. The predicted octanol–water partition coefficient (Wildman–Crippen LogP) is 5.92. The maximum atomic E-state index is 11.8. The molecule has 2 heterocycles. The zero-order chi connectivity index (χ0) is 32.9. The van der Waals surface area contributed by atoms with E-state index in [0.717, 1.165) is 63.9 Å². The predicted molar refractivity (Wildman–Crippen MR) is 176 cm³/mol. The lowest BCUT2D eigenvalue weighted by atomic mass is 10.1. The lowest BCUT2D eigenvalue weighted by Crippen LogP contribution is -2.27. The smallest absolute Gasteiger partial charge is 0.302 e. The molecule has 45 heavy (non-hydrogen) atoms. The van der Waals surface area contributed by atoms with E-state index in [4.69, 9.17) is 24.2 Å². The van der Waals surface area contributed by atoms with Crippen molar-refractivity contribution in [1.82, 2.24) is 15.0 Å². The number of carbonyl (C=O) groups excluding carboxylic acids is 1. The number of fused-ring (bicyclic) bond motifs is 1. The molecule has 2 aromatic carbocycles. The van der Waals surface area contributed by atoms with E-state index in [1.165, 1.54) is 24.6 Å². The van der Waals surface area contributed by atoms with Crippen molar-refractivity contribution in [2.75, 3.05) is 24.3 Å². The standard InChI is InChI=1S/C27H33N5O2.C7H8O3S/c1-7-21-25(19-13-14-24(32(5)6)28-16(19)3)29-22(8-2)27(30-21)31-26-20-12-10-9-11-18(20)15-23(26)34-17(4)33;1-6-2-4-7(5-3-6)11(8,9)10/h9-14,23,26H,7-8,15H2,1-6H3,(H,30,31);2-5H,1H3,(H,8,9,10)/t23-,26+;/m0./s1. The van der Waals surface area contributed by atoms with Crippen LogP contribution < -0.4 is 10.2 Å². The largest absolute Gasteiger partial charge is 0.460 e. The van der Waals surface area contributed by atoms with E-state index in [0.29, 0.717) is 6.42 Å². The summed E-state index contributed by atoms with van der Waals surface area (Å²) in [7, 11) is -0.0501. The third-order valence-electron chi connectivity index (χ3n) is 7.61. The molecule has 0 radical (unpaired) electrons. The van der Waals surface area contributed by atoms with Gasteiger partial charge in [-0.25, -0.2) is 15.0 Å². The first-order chi connectivity index (χ1) is 21.3. The fraction of sp³-hybridized carbons (Fsp3) is 0.353. The molecule has 0 spiro atoms. The van der Waals surface area contributed by atoms with Gasteiger partial charge in [-0.3, -0.25) is 9.35 Å². The molecule has 4 aromatic rings. The number of carbonyl (C=O) groups is 1. The molecule has 5 rings (SSSR count). The number of ether oxygens (including phenoxy) is 1. The highest BCUT2D eigenvalue weighted by Crippen LogP contribution is 2.37. The summed E-state index contributed by atoms with van der Waals surface area (Å²) in [5.74, 6) is 1.38. The number of anilines is 2. The van der Waals surface area contributed by atoms with Crippen LogP contribution in [0, 0.1) is 13.8 Å². The van der Waals surface area contributed by atoms with Crippen LogP contribution in [-0.2, 0) is 38.9 Å². The van der Waals surface area contributed by atoms with E-state index in [9.17, 15) is 13.2 Å². The number of esters is 1. The molecule has 0 amide bonds. The van der Waals surface area contributed by atoms with E-state index >= 15 is 0 Å². The van der Waals surface area contributed by atoms with Crippen molar-refractivity contribution in [2.45, 2.75) is 70.9 Å². The van der Waals surface area contributed by atoms with E-state index in [1.54, 1.807) is 12.1 Å². The third kappa shape index (κ3) is 8.03. The van der Waals surface area contributed by atoms with Crippen LogP contribution in [0.5, 0.6) is 0 Å². The number of pyridine rings is 1. The van der Waals surface area contributed by atoms with Gasteiger partial charge < -0.3 is 15.0 Å². The van der Waals surface area contributed by atoms with Crippen molar-refractivity contribution in [3.63, 3.8) is 0 Å². The second-order valence-electron chi connectivity index (χ2n) is 11.2. The molecular weight excluding hydrogens is 590 g/mol. The van der Waals surface area contributed by atoms with Crippen LogP contribution in [0.2, 0.25) is 0 Å². The molecule has 10 nitrogen and oxygen atoms in total. The first-order valence-electron chi connectivity index (χ1n) is 14.9. The number of benzene rings is 2. The van der Waals surface area contributed by atoms with Gasteiger partial charge in [0, 0.05) is 38.7 Å². The highest BCUT2D eigenvalue weighted by Gasteiger charge is 2.35. The van der Waals surface area contributed by atoms with Crippen molar-refractivity contribution >= 4 is 27.7 Å². The summed E-state index contributed by atoms with van der Waals surface area (Å²) < 4.78 is 35.2. The summed E-state index contributed by atoms with van der Waals surface area (Å²) in [6.07, 6.45) is 1.87. The number of aromatic nitrogens is 3. The van der Waals surface area contributed by atoms with Crippen LogP contribution in [0.15, 0.2) is 65.6 Å². The number of rotatable bonds is 8. The van der Waals surface area contributed by atoms with Crippen LogP contribution in [0.3, 0.4) is 0 Å². The first kappa shape index (κ1) is 33.5. The summed E-state index contributed by atoms with van der Waals surface area (Å²) in [6, 6.07) is 18.1. The summed E-state index contributed by atoms with van der Waals surface area (Å²) in [6.45, 7) is 9.48. The average Bonchev–Trinajstić information content (AvgIpc) is 3.32. The molecule has 0 aliphatic heterocycles. The normalized spacial score (nSPS) is 15.5. The van der Waals surface area contributed by atoms with Crippen molar-refractivity contribution in [2.24, 2.45) is 0 Å². The molecular formula is C34H41N5O5S. The molecule has 0 saturated carbocycles. The molecule has 0 bridgehead atoms. The van der Waals surface area contributed by atoms with Crippen LogP contribution in [0.25, 0.3) is 11.3 Å². The lowest BCUT2D eigenvalue weighted by molar-refractivity contribution is -0.146. The number of aryl methyl sites for hydroxylation is 4. The van der Waals surface area contributed by atoms with Gasteiger partial charge in [0.2, 0.25) is 0 Å². The molecule has 2 atom stereocenters. The second-order valence-corrected chi connectivity index (χ2v) is 12.6. The SMILES string of the molecule is CCc1nc(-c2ccc(N(C)C)nc2C)c(CC)nc1N[C@@H]1c2ccccc2C[C@@H]1OC(C)=O.Cc1ccc(S(=O)(=O)O)cc1. The van der Waals surface area contributed by atoms with Crippen molar-refractivity contribution in [1.29, 1.82) is 0 Å². The summed E-state index contributed by atoms with van der Waals surface area (Å²) in [5.41, 5.74) is 7.89. The number of hydrogen-bond acceptors (Lipinski definition) is 9. The molecule has 1 aliphatic rings. The summed E-state index contributed by atoms with van der Waals surface area (Å²) in [4.78, 5) is 28.6. The van der Waals surface area contributed by atoms with Gasteiger partial charge in [-0.05, 0) is 62.1 Å². The number of nitrogens with one attached hydrogen (secondary N) is 1. The molecule has 238 valence electrons. The van der Waals surface area contributed by atoms with Gasteiger partial charge >= 0.3 is 5.97 Å². The van der Waals surface area contributed by atoms with Crippen molar-refractivity contribution in [3.05, 3.63) is 94.4 Å². The van der Waals surface area contributed by atoms with Gasteiger partial charge in [0.05, 0.1) is 28.0 Å². The van der Waals surface area contributed by atoms with Crippen LogP contribution in [-0.4, -0.2) is 54.1 Å². The minimum Gasteiger partial charge on any atom is -0.460 e. The van der Waals surface area contributed by atoms with Gasteiger partial charge in [0.25, 0.3) is 10.1 Å². The Kier molecular flexibility index (Phi) is 10.6. The zero-order valence-electron chi connectivity index (χ0n) is 26.8. The van der Waals surface area contributed by atoms with Crippen LogP contribution in [0.4, 0.5) is 11.6 Å². The Morgan fingerprint density at radius 1 is 0.956 bits per heavy atom. The zero-order valence-corrected chi connectivity index (χ0v) is 27.6. The molecule has 0 fully saturated rings. The molecule has 2 aromatic heterocycles. The molecule has 0 unspecified atom stereocenters. The Labute approximate surface area is 265 Å². The van der Waals surface area contributed by atoms with E-state index in [2.05, 4.69) is 37.4 Å². The maximum absolute atomic E-state index is 11.8. The van der Waals surface area contributed by atoms with Crippen LogP contribution >= 0.6 is 0 Å². The lowest BCUT2D eigenvalue weighted by Gasteiger charge is -2.24. The van der Waals surface area contributed by atoms with Gasteiger partial charge in [-0.2, -0.15) is 8.42 Å². The highest BCUT2D eigenvalue weighted by molar-refractivity contribution is 7.85. The van der Waals surface area contributed by atoms with Crippen molar-refractivity contribution < 1.29 is 22.5 Å². The fourth-order valence-corrected chi connectivity index (χ4v) is 5.77. The average molecular weight is 632 g/mol. The second kappa shape index (κ2) is 14.2. The Morgan fingerprint density at radius 3 is 2.20 bits per heavy atom. The van der Waals surface area contributed by atoms with E-state index < -0.39 is 10.1 Å². The third-order valence-corrected chi connectivity index (χ3v) is 8.47. The summed E-state index contributed by atoms with van der Waals surface area (Å²) in [5, 5.41) is 3.59. The van der Waals surface area contributed by atoms with Gasteiger partial charge in [0.1, 0.15) is 17.7 Å². The molecule has 2 N–H and O–H groups in total. The molecule has 1 aliphatic carbocycles. The summed E-state index contributed by atoms with van der Waals surface area (Å²) >= 11 is 0. The van der Waals surface area contributed by atoms with Gasteiger partial charge in [-0.1, -0.05) is 55.8 Å².